The lowest BCUT2D eigenvalue weighted by atomic mass is 10.0. The van der Waals surface area contributed by atoms with Crippen molar-refractivity contribution < 1.29 is 13.9 Å². The molecule has 0 saturated heterocycles. The van der Waals surface area contributed by atoms with Gasteiger partial charge in [-0.05, 0) is 60.5 Å². The number of amides is 1. The van der Waals surface area contributed by atoms with E-state index in [0.717, 1.165) is 27.4 Å². The second-order valence-electron chi connectivity index (χ2n) is 7.15. The van der Waals surface area contributed by atoms with Gasteiger partial charge >= 0.3 is 0 Å². The summed E-state index contributed by atoms with van der Waals surface area (Å²) in [6.07, 6.45) is 5.27. The molecule has 0 spiro atoms. The highest BCUT2D eigenvalue weighted by Crippen LogP contribution is 2.34. The Hall–Kier alpha value is -4.19. The summed E-state index contributed by atoms with van der Waals surface area (Å²) in [6, 6.07) is 17.3. The van der Waals surface area contributed by atoms with Gasteiger partial charge in [-0.1, -0.05) is 6.07 Å². The van der Waals surface area contributed by atoms with Crippen LogP contribution in [0.4, 0.5) is 0 Å². The van der Waals surface area contributed by atoms with E-state index < -0.39 is 0 Å². The van der Waals surface area contributed by atoms with Gasteiger partial charge in [0.1, 0.15) is 22.8 Å². The van der Waals surface area contributed by atoms with Crippen molar-refractivity contribution in [2.45, 2.75) is 6.92 Å². The van der Waals surface area contributed by atoms with Crippen LogP contribution in [0.25, 0.3) is 33.0 Å². The topological polar surface area (TPSA) is 77.2 Å². The van der Waals surface area contributed by atoms with Crippen LogP contribution < -0.4 is 10.1 Å². The molecule has 2 aromatic carbocycles. The molecule has 0 fully saturated rings. The predicted octanol–water partition coefficient (Wildman–Crippen LogP) is 5.50. The molecule has 5 aromatic rings. The van der Waals surface area contributed by atoms with Crippen LogP contribution in [-0.4, -0.2) is 22.9 Å². The molecular formula is C25H19N3O3. The number of nitrogens with one attached hydrogen (secondary N) is 1. The van der Waals surface area contributed by atoms with Gasteiger partial charge in [0.05, 0.1) is 11.1 Å². The molecule has 6 heteroatoms. The Bertz CT molecular complexity index is 1420. The summed E-state index contributed by atoms with van der Waals surface area (Å²) in [7, 11) is 1.60. The summed E-state index contributed by atoms with van der Waals surface area (Å²) in [4.78, 5) is 20.7. The first-order valence-corrected chi connectivity index (χ1v) is 9.86. The number of fused-ring (bicyclic) bond motifs is 2. The van der Waals surface area contributed by atoms with Crippen LogP contribution in [0.15, 0.2) is 77.6 Å². The van der Waals surface area contributed by atoms with E-state index in [1.807, 2.05) is 48.5 Å². The van der Waals surface area contributed by atoms with Gasteiger partial charge in [0.25, 0.3) is 5.91 Å². The Balaban J connectivity index is 1.51. The van der Waals surface area contributed by atoms with Crippen LogP contribution in [0.5, 0.6) is 11.5 Å². The third kappa shape index (κ3) is 3.38. The highest BCUT2D eigenvalue weighted by molar-refractivity contribution is 6.07. The molecule has 6 nitrogen and oxygen atoms in total. The second kappa shape index (κ2) is 7.57. The van der Waals surface area contributed by atoms with E-state index in [-0.39, 0.29) is 5.91 Å². The number of pyridine rings is 2. The van der Waals surface area contributed by atoms with Crippen molar-refractivity contribution in [3.8, 4) is 22.6 Å². The van der Waals surface area contributed by atoms with E-state index in [1.54, 1.807) is 38.6 Å². The zero-order valence-electron chi connectivity index (χ0n) is 17.0. The van der Waals surface area contributed by atoms with Crippen LogP contribution in [-0.2, 0) is 0 Å². The normalized spacial score (nSPS) is 11.0. The number of hydrogen-bond donors (Lipinski definition) is 1. The molecule has 0 aliphatic rings. The quantitative estimate of drug-likeness (QED) is 0.424. The van der Waals surface area contributed by atoms with Crippen LogP contribution in [0.2, 0.25) is 0 Å². The molecule has 0 aliphatic heterocycles. The Morgan fingerprint density at radius 2 is 1.74 bits per heavy atom. The summed E-state index contributed by atoms with van der Waals surface area (Å²) in [6.45, 7) is 1.78. The van der Waals surface area contributed by atoms with Gasteiger partial charge in [0.2, 0.25) is 0 Å². The third-order valence-corrected chi connectivity index (χ3v) is 5.24. The zero-order chi connectivity index (χ0) is 21.4. The van der Waals surface area contributed by atoms with E-state index >= 15 is 0 Å². The zero-order valence-corrected chi connectivity index (χ0v) is 17.0. The SMILES string of the molecule is CNC(=O)c1c(C)oc2cc(Oc3ccnc4cc(-c5ccncc5)ccc34)ccc12. The van der Waals surface area contributed by atoms with E-state index in [4.69, 9.17) is 9.15 Å². The molecule has 152 valence electrons. The summed E-state index contributed by atoms with van der Waals surface area (Å²) in [5.74, 6) is 1.72. The van der Waals surface area contributed by atoms with Crippen LogP contribution in [0.1, 0.15) is 16.1 Å². The molecule has 5 rings (SSSR count). The molecule has 0 atom stereocenters. The minimum absolute atomic E-state index is 0.171. The largest absolute Gasteiger partial charge is 0.460 e. The average Bonchev–Trinajstić information content (AvgIpc) is 3.14. The number of nitrogens with zero attached hydrogens (tertiary/aromatic N) is 2. The molecule has 0 saturated carbocycles. The number of ether oxygens (including phenoxy) is 1. The molecule has 1 N–H and O–H groups in total. The van der Waals surface area contributed by atoms with Crippen LogP contribution >= 0.6 is 0 Å². The van der Waals surface area contributed by atoms with Crippen molar-refractivity contribution in [1.82, 2.24) is 15.3 Å². The molecule has 0 unspecified atom stereocenters. The number of aromatic nitrogens is 2. The van der Waals surface area contributed by atoms with Gasteiger partial charge in [0.15, 0.2) is 0 Å². The summed E-state index contributed by atoms with van der Waals surface area (Å²) in [5.41, 5.74) is 4.13. The van der Waals surface area contributed by atoms with E-state index in [1.165, 1.54) is 0 Å². The predicted molar refractivity (Wildman–Crippen MR) is 119 cm³/mol. The standard InChI is InChI=1S/C25H19N3O3/c1-15-24(25(29)26-2)20-6-4-18(14-23(20)30-15)31-22-9-12-28-21-13-17(3-5-19(21)22)16-7-10-27-11-8-16/h3-14H,1-2H3,(H,26,29). The summed E-state index contributed by atoms with van der Waals surface area (Å²) < 4.78 is 12.0. The number of carbonyl (C=O) groups excluding carboxylic acids is 1. The van der Waals surface area contributed by atoms with Crippen molar-refractivity contribution in [1.29, 1.82) is 0 Å². The third-order valence-electron chi connectivity index (χ3n) is 5.24. The lowest BCUT2D eigenvalue weighted by Crippen LogP contribution is -2.18. The van der Waals surface area contributed by atoms with Gasteiger partial charge in [-0.3, -0.25) is 14.8 Å². The molecule has 31 heavy (non-hydrogen) atoms. The molecule has 1 amide bonds. The Morgan fingerprint density at radius 3 is 2.55 bits per heavy atom. The minimum Gasteiger partial charge on any atom is -0.460 e. The van der Waals surface area contributed by atoms with Gasteiger partial charge in [0, 0.05) is 42.5 Å². The van der Waals surface area contributed by atoms with E-state index in [0.29, 0.717) is 28.4 Å². The molecular weight excluding hydrogens is 390 g/mol. The molecule has 0 bridgehead atoms. The summed E-state index contributed by atoms with van der Waals surface area (Å²) >= 11 is 0. The van der Waals surface area contributed by atoms with E-state index in [9.17, 15) is 4.79 Å². The van der Waals surface area contributed by atoms with Crippen LogP contribution in [0.3, 0.4) is 0 Å². The fraction of sp³-hybridized carbons (Fsp3) is 0.0800. The first kappa shape index (κ1) is 18.8. The molecule has 0 radical (unpaired) electrons. The first-order chi connectivity index (χ1) is 15.1. The lowest BCUT2D eigenvalue weighted by Gasteiger charge is -2.10. The number of hydrogen-bond acceptors (Lipinski definition) is 5. The first-order valence-electron chi connectivity index (χ1n) is 9.86. The minimum atomic E-state index is -0.171. The highest BCUT2D eigenvalue weighted by Gasteiger charge is 2.18. The molecule has 3 aromatic heterocycles. The van der Waals surface area contributed by atoms with Gasteiger partial charge < -0.3 is 14.5 Å². The second-order valence-corrected chi connectivity index (χ2v) is 7.15. The summed E-state index contributed by atoms with van der Waals surface area (Å²) in [5, 5.41) is 4.31. The number of rotatable bonds is 4. The Morgan fingerprint density at radius 1 is 0.935 bits per heavy atom. The van der Waals surface area contributed by atoms with Crippen molar-refractivity contribution in [3.05, 3.63) is 84.5 Å². The van der Waals surface area contributed by atoms with Crippen LogP contribution in [0, 0.1) is 6.92 Å². The highest BCUT2D eigenvalue weighted by atomic mass is 16.5. The molecule has 3 heterocycles. The average molecular weight is 409 g/mol. The Kier molecular flexibility index (Phi) is 4.59. The van der Waals surface area contributed by atoms with Crippen molar-refractivity contribution in [2.75, 3.05) is 7.05 Å². The smallest absolute Gasteiger partial charge is 0.255 e. The van der Waals surface area contributed by atoms with Gasteiger partial charge in [-0.15, -0.1) is 0 Å². The number of aryl methyl sites for hydroxylation is 1. The number of furan rings is 1. The fourth-order valence-corrected chi connectivity index (χ4v) is 3.73. The maximum Gasteiger partial charge on any atom is 0.255 e. The Labute approximate surface area is 178 Å². The lowest BCUT2D eigenvalue weighted by molar-refractivity contribution is 0.0963. The van der Waals surface area contributed by atoms with Gasteiger partial charge in [-0.2, -0.15) is 0 Å². The molecule has 0 aliphatic carbocycles. The van der Waals surface area contributed by atoms with Gasteiger partial charge in [-0.25, -0.2) is 0 Å². The van der Waals surface area contributed by atoms with Crippen molar-refractivity contribution in [2.24, 2.45) is 0 Å². The fourth-order valence-electron chi connectivity index (χ4n) is 3.73. The number of carbonyl (C=O) groups is 1. The van der Waals surface area contributed by atoms with Crippen molar-refractivity contribution in [3.63, 3.8) is 0 Å². The van der Waals surface area contributed by atoms with E-state index in [2.05, 4.69) is 15.3 Å². The number of benzene rings is 2. The van der Waals surface area contributed by atoms with Crippen molar-refractivity contribution >= 4 is 27.8 Å². The monoisotopic (exact) mass is 409 g/mol. The maximum atomic E-state index is 12.1. The maximum absolute atomic E-state index is 12.1.